The number of aromatic nitrogens is 3. The standard InChI is InChI=1S/C20H16ClN3O2/c21-16-3-1-2-14(12-16)10-11-26-20-9-8-19-22-13-18(24(19)23-20)15-4-6-17(25)7-5-15/h1-9,12-13,25H,10-11H2. The maximum Gasteiger partial charge on any atom is 0.231 e. The van der Waals surface area contributed by atoms with Gasteiger partial charge in [0.05, 0.1) is 18.5 Å². The first-order valence-corrected chi connectivity index (χ1v) is 8.58. The van der Waals surface area contributed by atoms with Gasteiger partial charge in [-0.3, -0.25) is 0 Å². The summed E-state index contributed by atoms with van der Waals surface area (Å²) in [5.74, 6) is 0.748. The van der Waals surface area contributed by atoms with Gasteiger partial charge in [-0.25, -0.2) is 9.50 Å². The minimum absolute atomic E-state index is 0.223. The highest BCUT2D eigenvalue weighted by Gasteiger charge is 2.09. The molecule has 0 saturated carbocycles. The zero-order valence-corrected chi connectivity index (χ0v) is 14.6. The molecule has 0 spiro atoms. The summed E-state index contributed by atoms with van der Waals surface area (Å²) in [6.45, 7) is 0.502. The maximum absolute atomic E-state index is 9.45. The van der Waals surface area contributed by atoms with Gasteiger partial charge in [-0.15, -0.1) is 5.10 Å². The second-order valence-electron chi connectivity index (χ2n) is 5.86. The molecular weight excluding hydrogens is 350 g/mol. The highest BCUT2D eigenvalue weighted by molar-refractivity contribution is 6.30. The number of phenolic OH excluding ortho intramolecular Hbond substituents is 1. The van der Waals surface area contributed by atoms with Crippen LogP contribution in [0.5, 0.6) is 11.6 Å². The van der Waals surface area contributed by atoms with E-state index in [4.69, 9.17) is 16.3 Å². The molecule has 0 unspecified atom stereocenters. The average molecular weight is 366 g/mol. The zero-order chi connectivity index (χ0) is 17.9. The van der Waals surface area contributed by atoms with Crippen molar-refractivity contribution in [3.05, 3.63) is 77.4 Å². The third-order valence-corrected chi connectivity index (χ3v) is 4.27. The van der Waals surface area contributed by atoms with Crippen LogP contribution in [0.15, 0.2) is 66.9 Å². The van der Waals surface area contributed by atoms with Crippen LogP contribution in [0.1, 0.15) is 5.56 Å². The lowest BCUT2D eigenvalue weighted by Crippen LogP contribution is -2.05. The number of benzene rings is 2. The number of hydrogen-bond acceptors (Lipinski definition) is 4. The Hall–Kier alpha value is -3.05. The van der Waals surface area contributed by atoms with Crippen LogP contribution in [0, 0.1) is 0 Å². The van der Waals surface area contributed by atoms with E-state index in [9.17, 15) is 5.11 Å². The fourth-order valence-corrected chi connectivity index (χ4v) is 2.94. The molecule has 0 radical (unpaired) electrons. The van der Waals surface area contributed by atoms with Crippen LogP contribution < -0.4 is 4.74 Å². The van der Waals surface area contributed by atoms with Gasteiger partial charge in [0.1, 0.15) is 5.75 Å². The smallest absolute Gasteiger partial charge is 0.231 e. The predicted octanol–water partition coefficient (Wildman–Crippen LogP) is 4.38. The van der Waals surface area contributed by atoms with Gasteiger partial charge in [-0.1, -0.05) is 23.7 Å². The summed E-state index contributed by atoms with van der Waals surface area (Å²) in [6.07, 6.45) is 2.50. The molecule has 0 aliphatic heterocycles. The molecule has 130 valence electrons. The minimum atomic E-state index is 0.223. The molecule has 6 heteroatoms. The molecule has 2 aromatic carbocycles. The molecule has 0 aliphatic carbocycles. The molecule has 4 aromatic rings. The van der Waals surface area contributed by atoms with Gasteiger partial charge in [-0.2, -0.15) is 0 Å². The van der Waals surface area contributed by atoms with Crippen LogP contribution in [-0.4, -0.2) is 26.3 Å². The molecule has 26 heavy (non-hydrogen) atoms. The van der Waals surface area contributed by atoms with Crippen molar-refractivity contribution in [2.24, 2.45) is 0 Å². The van der Waals surface area contributed by atoms with Gasteiger partial charge in [-0.05, 0) is 48.0 Å². The number of aromatic hydroxyl groups is 1. The lowest BCUT2D eigenvalue weighted by molar-refractivity contribution is 0.305. The molecule has 2 heterocycles. The normalized spacial score (nSPS) is 11.0. The Morgan fingerprint density at radius 3 is 2.69 bits per heavy atom. The van der Waals surface area contributed by atoms with Crippen molar-refractivity contribution < 1.29 is 9.84 Å². The summed E-state index contributed by atoms with van der Waals surface area (Å²) in [5, 5.41) is 14.7. The number of phenols is 1. The Balaban J connectivity index is 1.53. The number of imidazole rings is 1. The predicted molar refractivity (Wildman–Crippen MR) is 101 cm³/mol. The second-order valence-corrected chi connectivity index (χ2v) is 6.30. The highest BCUT2D eigenvalue weighted by Crippen LogP contribution is 2.23. The van der Waals surface area contributed by atoms with Crippen molar-refractivity contribution in [1.82, 2.24) is 14.6 Å². The number of ether oxygens (including phenoxy) is 1. The van der Waals surface area contributed by atoms with Gasteiger partial charge in [0, 0.05) is 23.1 Å². The van der Waals surface area contributed by atoms with Crippen LogP contribution >= 0.6 is 11.6 Å². The number of rotatable bonds is 5. The Kier molecular flexibility index (Phi) is 4.46. The quantitative estimate of drug-likeness (QED) is 0.570. The summed E-state index contributed by atoms with van der Waals surface area (Å²) in [7, 11) is 0. The van der Waals surface area contributed by atoms with E-state index >= 15 is 0 Å². The molecule has 0 fully saturated rings. The number of fused-ring (bicyclic) bond motifs is 1. The largest absolute Gasteiger partial charge is 0.508 e. The Morgan fingerprint density at radius 1 is 1.04 bits per heavy atom. The van der Waals surface area contributed by atoms with Crippen molar-refractivity contribution in [1.29, 1.82) is 0 Å². The molecule has 5 nitrogen and oxygen atoms in total. The lowest BCUT2D eigenvalue weighted by atomic mass is 10.2. The molecule has 0 atom stereocenters. The fourth-order valence-electron chi connectivity index (χ4n) is 2.73. The van der Waals surface area contributed by atoms with E-state index in [-0.39, 0.29) is 5.75 Å². The molecule has 0 aliphatic rings. The topological polar surface area (TPSA) is 59.7 Å². The van der Waals surface area contributed by atoms with Crippen molar-refractivity contribution in [3.63, 3.8) is 0 Å². The number of nitrogens with zero attached hydrogens (tertiary/aromatic N) is 3. The SMILES string of the molecule is Oc1ccc(-c2cnc3ccc(OCCc4cccc(Cl)c4)nn23)cc1. The number of hydrogen-bond donors (Lipinski definition) is 1. The van der Waals surface area contributed by atoms with Crippen molar-refractivity contribution in [3.8, 4) is 22.9 Å². The van der Waals surface area contributed by atoms with E-state index in [2.05, 4.69) is 10.1 Å². The Bertz CT molecular complexity index is 1040. The molecule has 1 N–H and O–H groups in total. The third-order valence-electron chi connectivity index (χ3n) is 4.03. The van der Waals surface area contributed by atoms with E-state index in [1.165, 1.54) is 0 Å². The van der Waals surface area contributed by atoms with Crippen LogP contribution in [0.4, 0.5) is 0 Å². The monoisotopic (exact) mass is 365 g/mol. The van der Waals surface area contributed by atoms with Crippen LogP contribution in [0.25, 0.3) is 16.9 Å². The minimum Gasteiger partial charge on any atom is -0.508 e. The van der Waals surface area contributed by atoms with Gasteiger partial charge in [0.2, 0.25) is 5.88 Å². The molecule has 2 aromatic heterocycles. The summed E-state index contributed by atoms with van der Waals surface area (Å²) >= 11 is 6.00. The molecule has 4 rings (SSSR count). The van der Waals surface area contributed by atoms with Crippen molar-refractivity contribution in [2.75, 3.05) is 6.61 Å². The summed E-state index contributed by atoms with van der Waals surface area (Å²) in [4.78, 5) is 4.36. The van der Waals surface area contributed by atoms with E-state index in [0.717, 1.165) is 33.9 Å². The van der Waals surface area contributed by atoms with Crippen LogP contribution in [0.3, 0.4) is 0 Å². The van der Waals surface area contributed by atoms with Gasteiger partial charge in [0.25, 0.3) is 0 Å². The van der Waals surface area contributed by atoms with Gasteiger partial charge >= 0.3 is 0 Å². The van der Waals surface area contributed by atoms with Crippen LogP contribution in [-0.2, 0) is 6.42 Å². The maximum atomic E-state index is 9.45. The van der Waals surface area contributed by atoms with E-state index in [0.29, 0.717) is 12.5 Å². The summed E-state index contributed by atoms with van der Waals surface area (Å²) < 4.78 is 7.53. The Morgan fingerprint density at radius 2 is 1.88 bits per heavy atom. The van der Waals surface area contributed by atoms with E-state index in [1.54, 1.807) is 28.9 Å². The molecule has 0 amide bonds. The van der Waals surface area contributed by atoms with E-state index in [1.807, 2.05) is 42.5 Å². The van der Waals surface area contributed by atoms with Crippen molar-refractivity contribution >= 4 is 17.2 Å². The zero-order valence-electron chi connectivity index (χ0n) is 13.8. The fraction of sp³-hybridized carbons (Fsp3) is 0.100. The summed E-state index contributed by atoms with van der Waals surface area (Å²) in [5.41, 5.74) is 3.60. The first-order valence-electron chi connectivity index (χ1n) is 8.20. The Labute approximate surface area is 155 Å². The van der Waals surface area contributed by atoms with Crippen molar-refractivity contribution in [2.45, 2.75) is 6.42 Å². The second kappa shape index (κ2) is 7.06. The average Bonchev–Trinajstić information content (AvgIpc) is 3.06. The molecular formula is C20H16ClN3O2. The van der Waals surface area contributed by atoms with E-state index < -0.39 is 0 Å². The van der Waals surface area contributed by atoms with Crippen LogP contribution in [0.2, 0.25) is 5.02 Å². The van der Waals surface area contributed by atoms with Gasteiger partial charge in [0.15, 0.2) is 5.65 Å². The number of halogens is 1. The first kappa shape index (κ1) is 16.4. The third kappa shape index (κ3) is 3.48. The first-order chi connectivity index (χ1) is 12.7. The molecule has 0 saturated heterocycles. The lowest BCUT2D eigenvalue weighted by Gasteiger charge is -2.07. The van der Waals surface area contributed by atoms with Gasteiger partial charge < -0.3 is 9.84 Å². The summed E-state index contributed by atoms with van der Waals surface area (Å²) in [6, 6.07) is 18.3. The highest BCUT2D eigenvalue weighted by atomic mass is 35.5. The molecule has 0 bridgehead atoms.